The van der Waals surface area contributed by atoms with Crippen LogP contribution < -0.4 is 5.43 Å². The van der Waals surface area contributed by atoms with Crippen LogP contribution in [-0.4, -0.2) is 51.0 Å². The van der Waals surface area contributed by atoms with Gasteiger partial charge in [-0.15, -0.1) is 0 Å². The molecule has 2 heterocycles. The molecule has 0 radical (unpaired) electrons. The average molecular weight is 282 g/mol. The lowest BCUT2D eigenvalue weighted by Crippen LogP contribution is -2.51. The Labute approximate surface area is 113 Å². The van der Waals surface area contributed by atoms with Crippen molar-refractivity contribution in [2.45, 2.75) is 13.0 Å². The second-order valence-corrected chi connectivity index (χ2v) is 5.47. The Morgan fingerprint density at radius 3 is 2.89 bits per heavy atom. The third-order valence-corrected chi connectivity index (χ3v) is 3.98. The number of carbonyl (C=O) groups excluding carboxylic acids is 1. The van der Waals surface area contributed by atoms with Gasteiger partial charge in [0.15, 0.2) is 5.43 Å². The maximum atomic E-state index is 12.3. The number of carboxylic acids is 1. The highest BCUT2D eigenvalue weighted by atomic mass is 32.2. The van der Waals surface area contributed by atoms with Gasteiger partial charge in [-0.1, -0.05) is 0 Å². The normalized spacial score (nSPS) is 19.2. The number of aromatic amines is 1. The smallest absolute Gasteiger partial charge is 0.327 e. The molecule has 2 rings (SSSR count). The fourth-order valence-corrected chi connectivity index (χ4v) is 2.98. The quantitative estimate of drug-likeness (QED) is 0.815. The van der Waals surface area contributed by atoms with Crippen molar-refractivity contribution in [2.24, 2.45) is 0 Å². The summed E-state index contributed by atoms with van der Waals surface area (Å²) >= 11 is 1.49. The van der Waals surface area contributed by atoms with Gasteiger partial charge >= 0.3 is 5.97 Å². The lowest BCUT2D eigenvalue weighted by Gasteiger charge is -2.32. The SMILES string of the molecule is Cc1cc(=O)c(C(=O)N2CCSCC2C(=O)O)c[nH]1. The lowest BCUT2D eigenvalue weighted by molar-refractivity contribution is -0.141. The van der Waals surface area contributed by atoms with Gasteiger partial charge in [0, 0.05) is 36.0 Å². The summed E-state index contributed by atoms with van der Waals surface area (Å²) in [6, 6.07) is 0.466. The highest BCUT2D eigenvalue weighted by molar-refractivity contribution is 7.99. The van der Waals surface area contributed by atoms with Crippen LogP contribution in [-0.2, 0) is 4.79 Å². The largest absolute Gasteiger partial charge is 0.480 e. The maximum absolute atomic E-state index is 12.3. The van der Waals surface area contributed by atoms with Crippen molar-refractivity contribution in [1.29, 1.82) is 0 Å². The van der Waals surface area contributed by atoms with Gasteiger partial charge in [-0.25, -0.2) is 4.79 Å². The zero-order chi connectivity index (χ0) is 14.0. The minimum absolute atomic E-state index is 0.0104. The van der Waals surface area contributed by atoms with E-state index in [4.69, 9.17) is 5.11 Å². The number of nitrogens with one attached hydrogen (secondary N) is 1. The van der Waals surface area contributed by atoms with Crippen LogP contribution in [0, 0.1) is 6.92 Å². The molecule has 6 nitrogen and oxygen atoms in total. The third kappa shape index (κ3) is 2.81. The van der Waals surface area contributed by atoms with Crippen molar-refractivity contribution in [3.63, 3.8) is 0 Å². The molecule has 102 valence electrons. The summed E-state index contributed by atoms with van der Waals surface area (Å²) in [4.78, 5) is 39.3. The number of carboxylic acid groups (broad SMARTS) is 1. The van der Waals surface area contributed by atoms with Gasteiger partial charge in [0.05, 0.1) is 0 Å². The molecule has 1 atom stereocenters. The number of H-pyrrole nitrogens is 1. The molecule has 0 aliphatic carbocycles. The molecule has 1 amide bonds. The van der Waals surface area contributed by atoms with Crippen LogP contribution in [0.15, 0.2) is 17.1 Å². The van der Waals surface area contributed by atoms with Crippen molar-refractivity contribution in [3.05, 3.63) is 33.7 Å². The first-order valence-electron chi connectivity index (χ1n) is 5.81. The predicted octanol–water partition coefficient (Wildman–Crippen LogP) is 0.326. The van der Waals surface area contributed by atoms with Crippen LogP contribution in [0.25, 0.3) is 0 Å². The molecule has 1 aromatic heterocycles. The molecule has 1 aliphatic rings. The van der Waals surface area contributed by atoms with Gasteiger partial charge in [0.1, 0.15) is 11.6 Å². The molecule has 1 unspecified atom stereocenters. The Hall–Kier alpha value is -1.76. The first-order valence-corrected chi connectivity index (χ1v) is 6.97. The summed E-state index contributed by atoms with van der Waals surface area (Å²) in [7, 11) is 0. The van der Waals surface area contributed by atoms with E-state index in [2.05, 4.69) is 4.98 Å². The van der Waals surface area contributed by atoms with Crippen LogP contribution >= 0.6 is 11.8 Å². The van der Waals surface area contributed by atoms with Crippen LogP contribution in [0.5, 0.6) is 0 Å². The van der Waals surface area contributed by atoms with Crippen LogP contribution in [0.4, 0.5) is 0 Å². The number of rotatable bonds is 2. The number of aryl methyl sites for hydroxylation is 1. The van der Waals surface area contributed by atoms with Crippen molar-refractivity contribution in [3.8, 4) is 0 Å². The second kappa shape index (κ2) is 5.48. The Morgan fingerprint density at radius 1 is 1.53 bits per heavy atom. The van der Waals surface area contributed by atoms with Gasteiger partial charge < -0.3 is 15.0 Å². The van der Waals surface area contributed by atoms with Gasteiger partial charge in [-0.05, 0) is 6.92 Å². The Bertz CT molecular complexity index is 569. The molecule has 19 heavy (non-hydrogen) atoms. The molecule has 1 fully saturated rings. The molecule has 0 spiro atoms. The number of hydrogen-bond acceptors (Lipinski definition) is 4. The van der Waals surface area contributed by atoms with Crippen molar-refractivity contribution in [2.75, 3.05) is 18.1 Å². The molecule has 1 saturated heterocycles. The van der Waals surface area contributed by atoms with Gasteiger partial charge in [0.2, 0.25) is 0 Å². The Kier molecular flexibility index (Phi) is 3.94. The number of aliphatic carboxylic acids is 1. The Balaban J connectivity index is 2.31. The van der Waals surface area contributed by atoms with E-state index in [1.54, 1.807) is 6.92 Å². The minimum Gasteiger partial charge on any atom is -0.480 e. The fraction of sp³-hybridized carbons (Fsp3) is 0.417. The lowest BCUT2D eigenvalue weighted by atomic mass is 10.2. The van der Waals surface area contributed by atoms with E-state index in [0.717, 1.165) is 0 Å². The van der Waals surface area contributed by atoms with Crippen molar-refractivity contribution >= 4 is 23.6 Å². The van der Waals surface area contributed by atoms with E-state index in [0.29, 0.717) is 23.7 Å². The highest BCUT2D eigenvalue weighted by Crippen LogP contribution is 2.18. The van der Waals surface area contributed by atoms with Crippen LogP contribution in [0.1, 0.15) is 16.1 Å². The summed E-state index contributed by atoms with van der Waals surface area (Å²) in [6.07, 6.45) is 1.35. The first-order chi connectivity index (χ1) is 9.00. The van der Waals surface area contributed by atoms with E-state index in [1.165, 1.54) is 28.9 Å². The summed E-state index contributed by atoms with van der Waals surface area (Å²) < 4.78 is 0. The van der Waals surface area contributed by atoms with Crippen molar-refractivity contribution < 1.29 is 14.7 Å². The summed E-state index contributed by atoms with van der Waals surface area (Å²) in [5.41, 5.74) is 0.262. The predicted molar refractivity (Wildman–Crippen MR) is 71.6 cm³/mol. The summed E-state index contributed by atoms with van der Waals surface area (Å²) in [5.74, 6) is -0.525. The summed E-state index contributed by atoms with van der Waals surface area (Å²) in [5, 5.41) is 9.12. The minimum atomic E-state index is -1.04. The number of nitrogens with zero attached hydrogens (tertiary/aromatic N) is 1. The molecule has 0 aromatic carbocycles. The number of amides is 1. The average Bonchev–Trinajstić information content (AvgIpc) is 2.38. The molecule has 0 bridgehead atoms. The van der Waals surface area contributed by atoms with E-state index in [-0.39, 0.29) is 11.0 Å². The van der Waals surface area contributed by atoms with Crippen LogP contribution in [0.2, 0.25) is 0 Å². The van der Waals surface area contributed by atoms with Gasteiger partial charge in [-0.2, -0.15) is 11.8 Å². The number of pyridine rings is 1. The number of thioether (sulfide) groups is 1. The first kappa shape index (κ1) is 13.7. The third-order valence-electron chi connectivity index (χ3n) is 2.96. The zero-order valence-corrected chi connectivity index (χ0v) is 11.2. The molecule has 1 aromatic rings. The topological polar surface area (TPSA) is 90.5 Å². The van der Waals surface area contributed by atoms with Crippen molar-refractivity contribution in [1.82, 2.24) is 9.88 Å². The van der Waals surface area contributed by atoms with E-state index in [1.807, 2.05) is 0 Å². The van der Waals surface area contributed by atoms with E-state index in [9.17, 15) is 14.4 Å². The molecule has 1 aliphatic heterocycles. The zero-order valence-electron chi connectivity index (χ0n) is 10.4. The molecule has 2 N–H and O–H groups in total. The van der Waals surface area contributed by atoms with E-state index >= 15 is 0 Å². The van der Waals surface area contributed by atoms with Gasteiger partial charge in [0.25, 0.3) is 5.91 Å². The second-order valence-electron chi connectivity index (χ2n) is 4.32. The Morgan fingerprint density at radius 2 is 2.26 bits per heavy atom. The number of aromatic nitrogens is 1. The fourth-order valence-electron chi connectivity index (χ4n) is 1.95. The molecule has 7 heteroatoms. The molecule has 0 saturated carbocycles. The highest BCUT2D eigenvalue weighted by Gasteiger charge is 2.33. The molecular weight excluding hydrogens is 268 g/mol. The van der Waals surface area contributed by atoms with E-state index < -0.39 is 17.9 Å². The number of hydrogen-bond donors (Lipinski definition) is 2. The standard InChI is InChI=1S/C12H14N2O4S/c1-7-4-10(15)8(5-13-7)11(16)14-2-3-19-6-9(14)12(17)18/h4-5,9H,2-3,6H2,1H3,(H,13,15)(H,17,18). The monoisotopic (exact) mass is 282 g/mol. The molecular formula is C12H14N2O4S. The summed E-state index contributed by atoms with van der Waals surface area (Å²) in [6.45, 7) is 2.06. The van der Waals surface area contributed by atoms with Crippen LogP contribution in [0.3, 0.4) is 0 Å². The number of carbonyl (C=O) groups is 2. The van der Waals surface area contributed by atoms with Gasteiger partial charge in [-0.3, -0.25) is 9.59 Å². The maximum Gasteiger partial charge on any atom is 0.327 e.